The van der Waals surface area contributed by atoms with Crippen LogP contribution in [0.5, 0.6) is 0 Å². The molecule has 0 amide bonds. The Bertz CT molecular complexity index is 463. The Morgan fingerprint density at radius 3 is 2.95 bits per heavy atom. The molecular weight excluding hydrogens is 252 g/mol. The van der Waals surface area contributed by atoms with E-state index in [2.05, 4.69) is 9.88 Å². The van der Waals surface area contributed by atoms with E-state index < -0.39 is 5.97 Å². The third kappa shape index (κ3) is 2.70. The molecule has 1 aromatic heterocycles. The number of likely N-dealkylation sites (tertiary alicyclic amines) is 1. The van der Waals surface area contributed by atoms with E-state index in [1.165, 1.54) is 19.3 Å². The van der Waals surface area contributed by atoms with E-state index in [1.54, 1.807) is 6.20 Å². The van der Waals surface area contributed by atoms with E-state index in [0.29, 0.717) is 12.0 Å². The van der Waals surface area contributed by atoms with Crippen molar-refractivity contribution in [3.8, 4) is 0 Å². The van der Waals surface area contributed by atoms with Crippen molar-refractivity contribution in [3.05, 3.63) is 30.1 Å². The summed E-state index contributed by atoms with van der Waals surface area (Å²) >= 11 is 0. The molecule has 0 radical (unpaired) electrons. The molecular formula is C16H22N2O2. The lowest BCUT2D eigenvalue weighted by molar-refractivity contribution is -0.142. The number of aromatic nitrogens is 1. The van der Waals surface area contributed by atoms with Crippen LogP contribution in [0.25, 0.3) is 0 Å². The molecule has 1 saturated carbocycles. The summed E-state index contributed by atoms with van der Waals surface area (Å²) in [6, 6.07) is 6.12. The average Bonchev–Trinajstić information content (AvgIpc) is 2.85. The van der Waals surface area contributed by atoms with Crippen molar-refractivity contribution in [2.24, 2.45) is 5.92 Å². The number of aliphatic carboxylic acids is 1. The third-order valence-corrected chi connectivity index (χ3v) is 4.86. The predicted octanol–water partition coefficient (Wildman–Crippen LogP) is 2.34. The van der Waals surface area contributed by atoms with Crippen LogP contribution in [-0.4, -0.2) is 39.6 Å². The lowest BCUT2D eigenvalue weighted by atomic mass is 9.85. The standard InChI is InChI=1S/C16H22N2O2/c19-16(20)15-11-12-5-1-2-7-14(12)18(15)10-8-13-6-3-4-9-17-13/h3-4,6,9,12,14-15H,1-2,5,7-8,10-11H2,(H,19,20). The molecule has 0 aromatic carbocycles. The fourth-order valence-corrected chi connectivity index (χ4v) is 3.91. The lowest BCUT2D eigenvalue weighted by Gasteiger charge is -2.32. The van der Waals surface area contributed by atoms with E-state index in [4.69, 9.17) is 0 Å². The largest absolute Gasteiger partial charge is 0.480 e. The summed E-state index contributed by atoms with van der Waals surface area (Å²) in [5.41, 5.74) is 1.05. The normalized spacial score (nSPS) is 30.1. The third-order valence-electron chi connectivity index (χ3n) is 4.86. The van der Waals surface area contributed by atoms with Gasteiger partial charge in [0.2, 0.25) is 0 Å². The van der Waals surface area contributed by atoms with Gasteiger partial charge in [0.1, 0.15) is 6.04 Å². The highest BCUT2D eigenvalue weighted by molar-refractivity contribution is 5.74. The first kappa shape index (κ1) is 13.6. The summed E-state index contributed by atoms with van der Waals surface area (Å²) in [5, 5.41) is 9.47. The van der Waals surface area contributed by atoms with Gasteiger partial charge in [-0.3, -0.25) is 14.7 Å². The highest BCUT2D eigenvalue weighted by Gasteiger charge is 2.44. The van der Waals surface area contributed by atoms with Gasteiger partial charge in [-0.25, -0.2) is 0 Å². The Morgan fingerprint density at radius 2 is 2.20 bits per heavy atom. The average molecular weight is 274 g/mol. The number of rotatable bonds is 4. The van der Waals surface area contributed by atoms with Gasteiger partial charge in [-0.2, -0.15) is 0 Å². The molecule has 1 aliphatic carbocycles. The molecule has 4 nitrogen and oxygen atoms in total. The van der Waals surface area contributed by atoms with Gasteiger partial charge < -0.3 is 5.11 Å². The maximum atomic E-state index is 11.5. The molecule has 0 spiro atoms. The number of hydrogen-bond acceptors (Lipinski definition) is 3. The zero-order valence-corrected chi connectivity index (χ0v) is 11.7. The molecule has 4 heteroatoms. The number of carbonyl (C=O) groups is 1. The topological polar surface area (TPSA) is 53.4 Å². The molecule has 3 rings (SSSR count). The van der Waals surface area contributed by atoms with Crippen molar-refractivity contribution in [2.75, 3.05) is 6.54 Å². The second-order valence-corrected chi connectivity index (χ2v) is 6.01. The summed E-state index contributed by atoms with van der Waals surface area (Å²) in [6.45, 7) is 0.815. The van der Waals surface area contributed by atoms with Crippen molar-refractivity contribution < 1.29 is 9.90 Å². The molecule has 1 saturated heterocycles. The van der Waals surface area contributed by atoms with Gasteiger partial charge in [-0.05, 0) is 37.3 Å². The molecule has 108 valence electrons. The first-order valence-corrected chi connectivity index (χ1v) is 7.64. The predicted molar refractivity (Wildman–Crippen MR) is 76.4 cm³/mol. The number of hydrogen-bond donors (Lipinski definition) is 1. The van der Waals surface area contributed by atoms with Gasteiger partial charge in [0, 0.05) is 30.9 Å². The first-order valence-electron chi connectivity index (χ1n) is 7.64. The summed E-state index contributed by atoms with van der Waals surface area (Å²) in [7, 11) is 0. The maximum Gasteiger partial charge on any atom is 0.320 e. The summed E-state index contributed by atoms with van der Waals surface area (Å²) in [4.78, 5) is 18.1. The molecule has 2 fully saturated rings. The van der Waals surface area contributed by atoms with Crippen LogP contribution in [-0.2, 0) is 11.2 Å². The number of pyridine rings is 1. The second-order valence-electron chi connectivity index (χ2n) is 6.01. The minimum atomic E-state index is -0.652. The molecule has 2 aliphatic rings. The van der Waals surface area contributed by atoms with Crippen LogP contribution in [0.2, 0.25) is 0 Å². The monoisotopic (exact) mass is 274 g/mol. The van der Waals surface area contributed by atoms with Crippen LogP contribution >= 0.6 is 0 Å². The van der Waals surface area contributed by atoms with Gasteiger partial charge in [0.05, 0.1) is 0 Å². The first-order chi connectivity index (χ1) is 9.75. The molecule has 1 N–H and O–H groups in total. The Balaban J connectivity index is 1.69. The van der Waals surface area contributed by atoms with Gasteiger partial charge in [-0.15, -0.1) is 0 Å². The van der Waals surface area contributed by atoms with Gasteiger partial charge in [0.15, 0.2) is 0 Å². The van der Waals surface area contributed by atoms with Crippen molar-refractivity contribution in [2.45, 2.75) is 50.6 Å². The molecule has 1 aromatic rings. The van der Waals surface area contributed by atoms with E-state index in [1.807, 2.05) is 18.2 Å². The van der Waals surface area contributed by atoms with Crippen LogP contribution in [0.3, 0.4) is 0 Å². The fourth-order valence-electron chi connectivity index (χ4n) is 3.91. The van der Waals surface area contributed by atoms with Crippen molar-refractivity contribution >= 4 is 5.97 Å². The molecule has 1 aliphatic heterocycles. The Morgan fingerprint density at radius 1 is 1.35 bits per heavy atom. The maximum absolute atomic E-state index is 11.5. The zero-order chi connectivity index (χ0) is 13.9. The SMILES string of the molecule is O=C(O)C1CC2CCCCC2N1CCc1ccccn1. The molecule has 3 atom stereocenters. The Labute approximate surface area is 119 Å². The number of fused-ring (bicyclic) bond motifs is 1. The van der Waals surface area contributed by atoms with E-state index >= 15 is 0 Å². The van der Waals surface area contributed by atoms with Crippen molar-refractivity contribution in [1.82, 2.24) is 9.88 Å². The minimum absolute atomic E-state index is 0.285. The highest BCUT2D eigenvalue weighted by atomic mass is 16.4. The summed E-state index contributed by atoms with van der Waals surface area (Å²) in [6.07, 6.45) is 8.36. The van der Waals surface area contributed by atoms with Crippen molar-refractivity contribution in [1.29, 1.82) is 0 Å². The smallest absolute Gasteiger partial charge is 0.320 e. The van der Waals surface area contributed by atoms with E-state index in [9.17, 15) is 9.90 Å². The Kier molecular flexibility index (Phi) is 4.01. The molecule has 3 unspecified atom stereocenters. The number of carboxylic acid groups (broad SMARTS) is 1. The number of nitrogens with zero attached hydrogens (tertiary/aromatic N) is 2. The van der Waals surface area contributed by atoms with Gasteiger partial charge in [0.25, 0.3) is 0 Å². The van der Waals surface area contributed by atoms with E-state index in [-0.39, 0.29) is 6.04 Å². The minimum Gasteiger partial charge on any atom is -0.480 e. The summed E-state index contributed by atoms with van der Waals surface area (Å²) in [5.74, 6) is -0.0611. The van der Waals surface area contributed by atoms with Gasteiger partial charge >= 0.3 is 5.97 Å². The Hall–Kier alpha value is -1.42. The zero-order valence-electron chi connectivity index (χ0n) is 11.7. The van der Waals surface area contributed by atoms with Crippen LogP contribution in [0.15, 0.2) is 24.4 Å². The number of carboxylic acids is 1. The molecule has 20 heavy (non-hydrogen) atoms. The van der Waals surface area contributed by atoms with E-state index in [0.717, 1.165) is 31.5 Å². The highest BCUT2D eigenvalue weighted by Crippen LogP contribution is 2.39. The van der Waals surface area contributed by atoms with Crippen LogP contribution < -0.4 is 0 Å². The molecule has 0 bridgehead atoms. The van der Waals surface area contributed by atoms with Crippen LogP contribution in [0, 0.1) is 5.92 Å². The van der Waals surface area contributed by atoms with Crippen LogP contribution in [0.4, 0.5) is 0 Å². The fraction of sp³-hybridized carbons (Fsp3) is 0.625. The quantitative estimate of drug-likeness (QED) is 0.915. The summed E-state index contributed by atoms with van der Waals surface area (Å²) < 4.78 is 0. The van der Waals surface area contributed by atoms with Gasteiger partial charge in [-0.1, -0.05) is 18.9 Å². The second kappa shape index (κ2) is 5.92. The van der Waals surface area contributed by atoms with Crippen molar-refractivity contribution in [3.63, 3.8) is 0 Å². The van der Waals surface area contributed by atoms with Crippen LogP contribution in [0.1, 0.15) is 37.8 Å². The molecule has 2 heterocycles. The lowest BCUT2D eigenvalue weighted by Crippen LogP contribution is -2.43.